The maximum absolute atomic E-state index is 12.3. The number of rotatable bonds is 6. The largest absolute Gasteiger partial charge is 0.406 e. The van der Waals surface area contributed by atoms with Crippen LogP contribution < -0.4 is 10.4 Å². The number of nitrogens with one attached hydrogen (secondary N) is 1. The first-order valence-corrected chi connectivity index (χ1v) is 9.30. The van der Waals surface area contributed by atoms with Crippen molar-refractivity contribution in [3.63, 3.8) is 0 Å². The molecule has 0 unspecified atom stereocenters. The van der Waals surface area contributed by atoms with Crippen molar-refractivity contribution in [1.82, 2.24) is 19.3 Å². The molecule has 0 atom stereocenters. The smallest absolute Gasteiger partial charge is 0.290 e. The van der Waals surface area contributed by atoms with E-state index in [4.69, 9.17) is 0 Å². The van der Waals surface area contributed by atoms with Gasteiger partial charge in [-0.25, -0.2) is 13.2 Å². The van der Waals surface area contributed by atoms with Gasteiger partial charge in [-0.15, -0.1) is 0 Å². The van der Waals surface area contributed by atoms with Gasteiger partial charge in [0.2, 0.25) is 0 Å². The Morgan fingerprint density at radius 2 is 2.04 bits per heavy atom. The van der Waals surface area contributed by atoms with Crippen LogP contribution in [0.25, 0.3) is 0 Å². The summed E-state index contributed by atoms with van der Waals surface area (Å²) in [6, 6.07) is 0.990. The first-order valence-electron chi connectivity index (χ1n) is 7.82. The summed E-state index contributed by atoms with van der Waals surface area (Å²) in [5.74, 6) is 0.126. The summed E-state index contributed by atoms with van der Waals surface area (Å²) in [7, 11) is -4.05. The molecule has 1 N–H and O–H groups in total. The molecule has 1 aliphatic carbocycles. The number of halogens is 3. The lowest BCUT2D eigenvalue weighted by Gasteiger charge is -2.24. The Bertz CT molecular complexity index is 947. The van der Waals surface area contributed by atoms with Crippen molar-refractivity contribution in [2.45, 2.75) is 43.4 Å². The number of sulfonamides is 1. The monoisotopic (exact) mass is 391 g/mol. The molecule has 0 bridgehead atoms. The van der Waals surface area contributed by atoms with E-state index in [1.807, 2.05) is 0 Å². The third kappa shape index (κ3) is 4.42. The minimum atomic E-state index is -4.58. The van der Waals surface area contributed by atoms with Gasteiger partial charge in [0.1, 0.15) is 17.3 Å². The number of nitrogens with zero attached hydrogens (tertiary/aromatic N) is 4. The van der Waals surface area contributed by atoms with Crippen molar-refractivity contribution in [2.75, 3.05) is 4.72 Å². The van der Waals surface area contributed by atoms with Crippen molar-refractivity contribution >= 4 is 15.8 Å². The number of aromatic nitrogens is 4. The summed E-state index contributed by atoms with van der Waals surface area (Å²) >= 11 is 0. The minimum Gasteiger partial charge on any atom is -0.290 e. The Balaban J connectivity index is 1.73. The van der Waals surface area contributed by atoms with Crippen LogP contribution >= 0.6 is 0 Å². The normalized spacial score (nSPS) is 15.7. The van der Waals surface area contributed by atoms with E-state index < -0.39 is 28.4 Å². The van der Waals surface area contributed by atoms with Crippen molar-refractivity contribution < 1.29 is 21.6 Å². The molecule has 1 fully saturated rings. The van der Waals surface area contributed by atoms with Gasteiger partial charge in [-0.3, -0.25) is 14.0 Å². The second kappa shape index (κ2) is 6.74. The Labute approximate surface area is 146 Å². The van der Waals surface area contributed by atoms with Gasteiger partial charge in [0, 0.05) is 18.9 Å². The predicted octanol–water partition coefficient (Wildman–Crippen LogP) is 1.60. The molecule has 0 radical (unpaired) electrons. The zero-order valence-electron chi connectivity index (χ0n) is 13.5. The van der Waals surface area contributed by atoms with Crippen LogP contribution in [-0.2, 0) is 23.1 Å². The summed E-state index contributed by atoms with van der Waals surface area (Å²) in [6.07, 6.45) is 2.11. The van der Waals surface area contributed by atoms with E-state index in [2.05, 4.69) is 14.8 Å². The molecule has 3 rings (SSSR count). The summed E-state index contributed by atoms with van der Waals surface area (Å²) in [5.41, 5.74) is -1.21. The van der Waals surface area contributed by atoms with E-state index >= 15 is 0 Å². The third-order valence-corrected chi connectivity index (χ3v) is 5.36. The molecule has 26 heavy (non-hydrogen) atoms. The van der Waals surface area contributed by atoms with Crippen LogP contribution in [-0.4, -0.2) is 33.9 Å². The molecule has 0 spiro atoms. The molecule has 12 heteroatoms. The minimum absolute atomic E-state index is 0.113. The Hall–Kier alpha value is -2.37. The fourth-order valence-electron chi connectivity index (χ4n) is 2.52. The Kier molecular flexibility index (Phi) is 4.78. The number of hydrogen-bond donors (Lipinski definition) is 1. The Morgan fingerprint density at radius 1 is 1.31 bits per heavy atom. The number of alkyl halides is 3. The van der Waals surface area contributed by atoms with E-state index in [0.717, 1.165) is 31.5 Å². The summed E-state index contributed by atoms with van der Waals surface area (Å²) in [6.45, 7) is -0.874. The van der Waals surface area contributed by atoms with Crippen molar-refractivity contribution in [3.8, 4) is 0 Å². The van der Waals surface area contributed by atoms with Crippen LogP contribution in [0, 0.1) is 5.92 Å². The molecule has 1 saturated carbocycles. The Morgan fingerprint density at radius 3 is 2.62 bits per heavy atom. The summed E-state index contributed by atoms with van der Waals surface area (Å²) in [5, 5.41) is 4.00. The zero-order chi connectivity index (χ0) is 18.9. The lowest BCUT2D eigenvalue weighted by Crippen LogP contribution is -2.30. The highest BCUT2D eigenvalue weighted by molar-refractivity contribution is 7.92. The van der Waals surface area contributed by atoms with E-state index in [1.165, 1.54) is 17.1 Å². The average molecular weight is 391 g/mol. The van der Waals surface area contributed by atoms with Gasteiger partial charge in [-0.1, -0.05) is 6.42 Å². The van der Waals surface area contributed by atoms with Gasteiger partial charge >= 0.3 is 11.9 Å². The molecule has 0 aliphatic heterocycles. The second-order valence-electron chi connectivity index (χ2n) is 6.14. The molecule has 8 nitrogen and oxygen atoms in total. The van der Waals surface area contributed by atoms with Gasteiger partial charge in [0.15, 0.2) is 0 Å². The van der Waals surface area contributed by atoms with Crippen LogP contribution in [0.15, 0.2) is 34.3 Å². The zero-order valence-corrected chi connectivity index (χ0v) is 14.3. The molecule has 0 saturated heterocycles. The molecule has 1 aliphatic rings. The fraction of sp³-hybridized carbons (Fsp3) is 0.500. The summed E-state index contributed by atoms with van der Waals surface area (Å²) < 4.78 is 65.6. The lowest BCUT2D eigenvalue weighted by molar-refractivity contribution is -0.141. The standard InChI is InChI=1S/C14H16F3N5O3S/c15-14(16,17)9-21-5-4-12(19-13(21)23)20-26(24,25)11-6-18-22(8-11)7-10-2-1-3-10/h4-6,8,10H,1-3,7,9H2,(H,19,20,23). The topological polar surface area (TPSA) is 98.9 Å². The molecule has 0 aromatic carbocycles. The molecule has 2 aromatic heterocycles. The molecular formula is C14H16F3N5O3S. The highest BCUT2D eigenvalue weighted by Crippen LogP contribution is 2.27. The molecule has 2 aromatic rings. The first-order chi connectivity index (χ1) is 12.1. The first kappa shape index (κ1) is 18.4. The number of hydrogen-bond acceptors (Lipinski definition) is 5. The lowest BCUT2D eigenvalue weighted by atomic mass is 9.85. The maximum Gasteiger partial charge on any atom is 0.406 e. The molecule has 0 amide bonds. The van der Waals surface area contributed by atoms with E-state index in [0.29, 0.717) is 17.0 Å². The summed E-state index contributed by atoms with van der Waals surface area (Å²) in [4.78, 5) is 14.8. The van der Waals surface area contributed by atoms with Crippen LogP contribution in [0.2, 0.25) is 0 Å². The highest BCUT2D eigenvalue weighted by atomic mass is 32.2. The predicted molar refractivity (Wildman–Crippen MR) is 84.9 cm³/mol. The number of anilines is 1. The van der Waals surface area contributed by atoms with Crippen LogP contribution in [0.4, 0.5) is 19.0 Å². The van der Waals surface area contributed by atoms with Gasteiger partial charge in [0.05, 0.1) is 6.20 Å². The maximum atomic E-state index is 12.3. The van der Waals surface area contributed by atoms with E-state index in [1.54, 1.807) is 0 Å². The molecular weight excluding hydrogens is 375 g/mol. The van der Waals surface area contributed by atoms with Crippen LogP contribution in [0.1, 0.15) is 19.3 Å². The quantitative estimate of drug-likeness (QED) is 0.807. The van der Waals surface area contributed by atoms with Crippen LogP contribution in [0.3, 0.4) is 0 Å². The SMILES string of the molecule is O=c1nc(NS(=O)(=O)c2cnn(CC3CCC3)c2)ccn1CC(F)(F)F. The third-order valence-electron chi connectivity index (χ3n) is 4.05. The second-order valence-corrected chi connectivity index (χ2v) is 7.82. The van der Waals surface area contributed by atoms with Crippen molar-refractivity contribution in [3.05, 3.63) is 35.1 Å². The highest BCUT2D eigenvalue weighted by Gasteiger charge is 2.28. The van der Waals surface area contributed by atoms with Gasteiger partial charge < -0.3 is 0 Å². The van der Waals surface area contributed by atoms with Crippen molar-refractivity contribution in [2.24, 2.45) is 5.92 Å². The van der Waals surface area contributed by atoms with Crippen molar-refractivity contribution in [1.29, 1.82) is 0 Å². The molecule has 2 heterocycles. The van der Waals surface area contributed by atoms with Gasteiger partial charge in [0.25, 0.3) is 10.0 Å². The van der Waals surface area contributed by atoms with Gasteiger partial charge in [-0.2, -0.15) is 23.3 Å². The van der Waals surface area contributed by atoms with E-state index in [-0.39, 0.29) is 10.7 Å². The van der Waals surface area contributed by atoms with Gasteiger partial charge in [-0.05, 0) is 24.8 Å². The van der Waals surface area contributed by atoms with Crippen LogP contribution in [0.5, 0.6) is 0 Å². The molecule has 142 valence electrons. The average Bonchev–Trinajstić information content (AvgIpc) is 2.94. The van der Waals surface area contributed by atoms with E-state index in [9.17, 15) is 26.4 Å². The fourth-order valence-corrected chi connectivity index (χ4v) is 3.47.